The predicted molar refractivity (Wildman–Crippen MR) is 17.8 cm³/mol. The first-order valence-electron chi connectivity index (χ1n) is 0.123. The van der Waals surface area contributed by atoms with Gasteiger partial charge in [0.2, 0.25) is 0 Å². The molecule has 0 aromatic rings. The van der Waals surface area contributed by atoms with E-state index in [1.807, 2.05) is 0 Å². The third kappa shape index (κ3) is 8.91. The molecule has 0 radical (unpaired) electrons. The molecule has 0 unspecified atom stereocenters. The van der Waals surface area contributed by atoms with Gasteiger partial charge in [0.05, 0.1) is 0 Å². The third-order valence-electron chi connectivity index (χ3n) is 0. The molecule has 0 aromatic heterocycles. The fourth-order valence-electron chi connectivity index (χ4n) is 0. The number of hydrogen-bond donors (Lipinski definition) is 0. The van der Waals surface area contributed by atoms with Crippen LogP contribution in [0.1, 0.15) is 0 Å². The number of hydrogen-bond acceptors (Lipinski definition) is 1. The Morgan fingerprint density at radius 1 is 1.25 bits per heavy atom. The Kier molecular flexibility index (Phi) is 65.2. The molecule has 0 saturated heterocycles. The van der Waals surface area contributed by atoms with E-state index in [0.29, 0.717) is 0 Å². The standard InChI is InChI=1S/Ca.Cu.O.Sr.4H. The van der Waals surface area contributed by atoms with Crippen LogP contribution in [0.3, 0.4) is 0 Å². The second-order valence-electron chi connectivity index (χ2n) is 0. The first kappa shape index (κ1) is 15.7. The fourth-order valence-corrected chi connectivity index (χ4v) is 0. The Labute approximate surface area is 100 Å². The molecule has 0 aromatic carbocycles. The molecule has 0 amide bonds. The van der Waals surface area contributed by atoms with Gasteiger partial charge in [0.15, 0.2) is 0 Å². The van der Waals surface area contributed by atoms with Crippen molar-refractivity contribution in [2.75, 3.05) is 0 Å². The molecule has 0 bridgehead atoms. The van der Waals surface area contributed by atoms with Crippen molar-refractivity contribution in [3.8, 4) is 0 Å². The summed E-state index contributed by atoms with van der Waals surface area (Å²) in [4.78, 5) is 0. The summed E-state index contributed by atoms with van der Waals surface area (Å²) in [6, 6.07) is 0. The first-order chi connectivity index (χ1) is 1.00. The summed E-state index contributed by atoms with van der Waals surface area (Å²) in [5, 5.41) is 0. The first-order valence-corrected chi connectivity index (χ1v) is 0.508. The minimum absolute atomic E-state index is 0. The zero-order valence-corrected chi connectivity index (χ0v) is 1.65. The van der Waals surface area contributed by atoms with Crippen LogP contribution < -0.4 is 0 Å². The van der Waals surface area contributed by atoms with E-state index in [-0.39, 0.29) is 83.2 Å². The zero-order chi connectivity index (χ0) is 2.00. The molecular weight excluding hydrogens is 207 g/mol. The van der Waals surface area contributed by atoms with E-state index in [1.54, 1.807) is 0 Å². The second-order valence-corrected chi connectivity index (χ2v) is 0. The summed E-state index contributed by atoms with van der Waals surface area (Å²) in [6.07, 6.45) is 0. The Morgan fingerprint density at radius 3 is 1.25 bits per heavy atom. The van der Waals surface area contributed by atoms with Crippen LogP contribution in [0.4, 0.5) is 0 Å². The number of rotatable bonds is 0. The summed E-state index contributed by atoms with van der Waals surface area (Å²) in [5.41, 5.74) is 0. The quantitative estimate of drug-likeness (QED) is 0.426. The van der Waals surface area contributed by atoms with E-state index >= 15 is 0 Å². The fraction of sp³-hybridized carbons (Fsp3) is 0. The van der Waals surface area contributed by atoms with Gasteiger partial charge >= 0.3 is 103 Å². The van der Waals surface area contributed by atoms with E-state index in [2.05, 4.69) is 15.9 Å². The van der Waals surface area contributed by atoms with Gasteiger partial charge in [-0.05, 0) is 0 Å². The third-order valence-corrected chi connectivity index (χ3v) is 0. The molecule has 0 aliphatic rings. The molecule has 0 saturated carbocycles. The Balaban J connectivity index is -0.00000000500. The van der Waals surface area contributed by atoms with Gasteiger partial charge in [-0.25, -0.2) is 0 Å². The van der Waals surface area contributed by atoms with Crippen LogP contribution in [0.25, 0.3) is 0 Å². The van der Waals surface area contributed by atoms with Crippen molar-refractivity contribution < 1.29 is 19.8 Å². The van der Waals surface area contributed by atoms with Gasteiger partial charge in [0.25, 0.3) is 0 Å². The zero-order valence-electron chi connectivity index (χ0n) is 0.710. The van der Waals surface area contributed by atoms with Gasteiger partial charge in [-0.2, -0.15) is 0 Å². The maximum atomic E-state index is 7.81. The molecule has 0 heterocycles. The second kappa shape index (κ2) is 16.6. The molecule has 0 rings (SSSR count). The molecule has 0 atom stereocenters. The summed E-state index contributed by atoms with van der Waals surface area (Å²) in [6.45, 7) is 0. The average molecular weight is 211 g/mol. The summed E-state index contributed by atoms with van der Waals surface area (Å²) in [7, 11) is 0. The van der Waals surface area contributed by atoms with Crippen LogP contribution in [0, 0.1) is 0 Å². The van der Waals surface area contributed by atoms with Crippen LogP contribution >= 0.6 is 0 Å². The molecular formula is H4CaCuOSr. The van der Waals surface area contributed by atoms with Crippen molar-refractivity contribution in [3.05, 3.63) is 0 Å². The normalized spacial score (nSPS) is 1.50. The van der Waals surface area contributed by atoms with E-state index < -0.39 is 0 Å². The van der Waals surface area contributed by atoms with E-state index in [4.69, 9.17) is 3.83 Å². The Morgan fingerprint density at radius 2 is 1.25 bits per heavy atom. The van der Waals surface area contributed by atoms with Crippen LogP contribution in [0.15, 0.2) is 0 Å². The van der Waals surface area contributed by atoms with Gasteiger partial charge in [-0.3, -0.25) is 0 Å². The Hall–Kier alpha value is 3.06. The SMILES string of the molecule is [CaH2].[O]=[Cu].[SrH2]. The van der Waals surface area contributed by atoms with Crippen molar-refractivity contribution in [3.63, 3.8) is 0 Å². The van der Waals surface area contributed by atoms with Gasteiger partial charge in [0.1, 0.15) is 0 Å². The van der Waals surface area contributed by atoms with E-state index in [1.165, 1.54) is 0 Å². The molecule has 0 N–H and O–H groups in total. The van der Waals surface area contributed by atoms with Gasteiger partial charge in [0, 0.05) is 0 Å². The molecule has 1 nitrogen and oxygen atoms in total. The van der Waals surface area contributed by atoms with Crippen molar-refractivity contribution >= 4 is 83.2 Å². The van der Waals surface area contributed by atoms with Crippen molar-refractivity contribution in [2.24, 2.45) is 0 Å². The van der Waals surface area contributed by atoms with Gasteiger partial charge < -0.3 is 0 Å². The predicted octanol–water partition coefficient (Wildman–Crippen LogP) is -1.95. The molecule has 4 heavy (non-hydrogen) atoms. The summed E-state index contributed by atoms with van der Waals surface area (Å²) >= 11 is 2.94. The summed E-state index contributed by atoms with van der Waals surface area (Å²) < 4.78 is 7.81. The van der Waals surface area contributed by atoms with Crippen LogP contribution in [-0.2, 0) is 19.8 Å². The minimum atomic E-state index is 0. The monoisotopic (exact) mass is 211 g/mol. The van der Waals surface area contributed by atoms with Crippen molar-refractivity contribution in [1.82, 2.24) is 0 Å². The topological polar surface area (TPSA) is 17.1 Å². The van der Waals surface area contributed by atoms with E-state index in [9.17, 15) is 0 Å². The van der Waals surface area contributed by atoms with Crippen molar-refractivity contribution in [2.45, 2.75) is 0 Å². The maximum absolute atomic E-state index is 7.81. The average Bonchev–Trinajstić information content (AvgIpc) is 1.00. The van der Waals surface area contributed by atoms with Gasteiger partial charge in [-0.15, -0.1) is 0 Å². The Bertz CT molecular complexity index is 8.00. The van der Waals surface area contributed by atoms with Crippen LogP contribution in [0.5, 0.6) is 0 Å². The van der Waals surface area contributed by atoms with Crippen molar-refractivity contribution in [1.29, 1.82) is 0 Å². The molecule has 25 valence electrons. The van der Waals surface area contributed by atoms with Crippen LogP contribution in [-0.4, -0.2) is 83.2 Å². The van der Waals surface area contributed by atoms with Crippen LogP contribution in [0.2, 0.25) is 0 Å². The molecule has 0 fully saturated rings. The van der Waals surface area contributed by atoms with Gasteiger partial charge in [-0.1, -0.05) is 0 Å². The summed E-state index contributed by atoms with van der Waals surface area (Å²) in [5.74, 6) is 0. The molecule has 0 spiro atoms. The molecule has 4 heteroatoms. The molecule has 0 aliphatic carbocycles. The van der Waals surface area contributed by atoms with E-state index in [0.717, 1.165) is 0 Å². The molecule has 0 aliphatic heterocycles.